The molecule has 1 heterocycles. The van der Waals surface area contributed by atoms with Crippen molar-refractivity contribution >= 4 is 34.1 Å². The molecule has 0 aliphatic carbocycles. The van der Waals surface area contributed by atoms with E-state index in [2.05, 4.69) is 4.98 Å². The van der Waals surface area contributed by atoms with Crippen molar-refractivity contribution in [2.45, 2.75) is 6.42 Å². The molecular formula is C11H10Cl2N2. The van der Waals surface area contributed by atoms with Gasteiger partial charge in [-0.1, -0.05) is 29.3 Å². The van der Waals surface area contributed by atoms with E-state index in [0.717, 1.165) is 22.9 Å². The lowest BCUT2D eigenvalue weighted by molar-refractivity contribution is 0.963. The van der Waals surface area contributed by atoms with Crippen LogP contribution in [-0.2, 0) is 6.42 Å². The van der Waals surface area contributed by atoms with E-state index < -0.39 is 0 Å². The van der Waals surface area contributed by atoms with Gasteiger partial charge < -0.3 is 5.73 Å². The summed E-state index contributed by atoms with van der Waals surface area (Å²) in [6.45, 7) is 0.570. The predicted molar refractivity (Wildman–Crippen MR) is 64.5 cm³/mol. The number of halogens is 2. The Hall–Kier alpha value is -0.830. The number of fused-ring (bicyclic) bond motifs is 1. The highest BCUT2D eigenvalue weighted by Gasteiger charge is 2.04. The van der Waals surface area contributed by atoms with Gasteiger partial charge in [0, 0.05) is 10.4 Å². The van der Waals surface area contributed by atoms with Crippen LogP contribution in [0, 0.1) is 0 Å². The Morgan fingerprint density at radius 2 is 2.00 bits per heavy atom. The Labute approximate surface area is 98.0 Å². The number of pyridine rings is 1. The average Bonchev–Trinajstić information content (AvgIpc) is 2.20. The third-order valence-electron chi connectivity index (χ3n) is 2.22. The molecule has 0 atom stereocenters. The first-order chi connectivity index (χ1) is 7.20. The minimum atomic E-state index is 0.509. The summed E-state index contributed by atoms with van der Waals surface area (Å²) in [7, 11) is 0. The Morgan fingerprint density at radius 3 is 2.73 bits per heavy atom. The first-order valence-corrected chi connectivity index (χ1v) is 5.41. The first-order valence-electron chi connectivity index (χ1n) is 4.65. The number of hydrogen-bond donors (Lipinski definition) is 1. The highest BCUT2D eigenvalue weighted by molar-refractivity contribution is 6.32. The van der Waals surface area contributed by atoms with Crippen molar-refractivity contribution in [1.29, 1.82) is 0 Å². The first kappa shape index (κ1) is 10.7. The van der Waals surface area contributed by atoms with Gasteiger partial charge in [0.2, 0.25) is 0 Å². The molecule has 15 heavy (non-hydrogen) atoms. The van der Waals surface area contributed by atoms with Crippen molar-refractivity contribution in [1.82, 2.24) is 4.98 Å². The molecule has 2 nitrogen and oxygen atoms in total. The van der Waals surface area contributed by atoms with Gasteiger partial charge in [-0.3, -0.25) is 0 Å². The van der Waals surface area contributed by atoms with E-state index in [-0.39, 0.29) is 0 Å². The van der Waals surface area contributed by atoms with Gasteiger partial charge in [-0.25, -0.2) is 4.98 Å². The quantitative estimate of drug-likeness (QED) is 0.820. The van der Waals surface area contributed by atoms with Gasteiger partial charge in [0.15, 0.2) is 0 Å². The molecule has 0 saturated carbocycles. The third-order valence-corrected chi connectivity index (χ3v) is 2.78. The standard InChI is InChI=1S/C11H10Cl2N2/c12-9-2-1-7-5-8(3-4-14)11(13)15-10(7)6-9/h1-2,5-6H,3-4,14H2. The van der Waals surface area contributed by atoms with Gasteiger partial charge in [-0.15, -0.1) is 0 Å². The molecule has 4 heteroatoms. The lowest BCUT2D eigenvalue weighted by atomic mass is 10.1. The molecule has 0 spiro atoms. The van der Waals surface area contributed by atoms with E-state index in [4.69, 9.17) is 28.9 Å². The Kier molecular flexibility index (Phi) is 3.10. The molecule has 2 rings (SSSR count). The van der Waals surface area contributed by atoms with Crippen LogP contribution in [0.25, 0.3) is 10.9 Å². The third kappa shape index (κ3) is 2.23. The maximum absolute atomic E-state index is 6.02. The summed E-state index contributed by atoms with van der Waals surface area (Å²) < 4.78 is 0. The minimum absolute atomic E-state index is 0.509. The lowest BCUT2D eigenvalue weighted by Gasteiger charge is -2.04. The van der Waals surface area contributed by atoms with Gasteiger partial charge in [0.25, 0.3) is 0 Å². The van der Waals surface area contributed by atoms with Gasteiger partial charge in [-0.2, -0.15) is 0 Å². The van der Waals surface area contributed by atoms with E-state index in [1.165, 1.54) is 0 Å². The van der Waals surface area contributed by atoms with E-state index in [1.54, 1.807) is 6.07 Å². The molecule has 1 aromatic carbocycles. The monoisotopic (exact) mass is 240 g/mol. The van der Waals surface area contributed by atoms with E-state index in [0.29, 0.717) is 16.7 Å². The summed E-state index contributed by atoms with van der Waals surface area (Å²) >= 11 is 11.9. The van der Waals surface area contributed by atoms with Crippen LogP contribution >= 0.6 is 23.2 Å². The zero-order valence-electron chi connectivity index (χ0n) is 8.00. The van der Waals surface area contributed by atoms with Gasteiger partial charge in [-0.05, 0) is 36.7 Å². The topological polar surface area (TPSA) is 38.9 Å². The van der Waals surface area contributed by atoms with Gasteiger partial charge >= 0.3 is 0 Å². The number of benzene rings is 1. The molecule has 0 unspecified atom stereocenters. The highest BCUT2D eigenvalue weighted by Crippen LogP contribution is 2.23. The summed E-state index contributed by atoms with van der Waals surface area (Å²) in [4.78, 5) is 4.28. The molecule has 2 N–H and O–H groups in total. The Morgan fingerprint density at radius 1 is 1.20 bits per heavy atom. The predicted octanol–water partition coefficient (Wildman–Crippen LogP) is 3.04. The normalized spacial score (nSPS) is 10.9. The van der Waals surface area contributed by atoms with Crippen LogP contribution in [0.5, 0.6) is 0 Å². The van der Waals surface area contributed by atoms with Crippen molar-refractivity contribution in [3.8, 4) is 0 Å². The second kappa shape index (κ2) is 4.35. The second-order valence-electron chi connectivity index (χ2n) is 3.31. The van der Waals surface area contributed by atoms with Crippen molar-refractivity contribution in [2.75, 3.05) is 6.54 Å². The summed E-state index contributed by atoms with van der Waals surface area (Å²) in [5.41, 5.74) is 7.28. The van der Waals surface area contributed by atoms with Crippen LogP contribution < -0.4 is 5.73 Å². The molecule has 0 fully saturated rings. The van der Waals surface area contributed by atoms with Crippen LogP contribution in [-0.4, -0.2) is 11.5 Å². The maximum atomic E-state index is 6.02. The lowest BCUT2D eigenvalue weighted by Crippen LogP contribution is -2.03. The fourth-order valence-electron chi connectivity index (χ4n) is 1.49. The number of aromatic nitrogens is 1. The Balaban J connectivity index is 2.60. The minimum Gasteiger partial charge on any atom is -0.330 e. The second-order valence-corrected chi connectivity index (χ2v) is 4.11. The molecule has 0 radical (unpaired) electrons. The number of rotatable bonds is 2. The summed E-state index contributed by atoms with van der Waals surface area (Å²) in [5.74, 6) is 0. The van der Waals surface area contributed by atoms with Crippen molar-refractivity contribution in [3.63, 3.8) is 0 Å². The van der Waals surface area contributed by atoms with Gasteiger partial charge in [0.1, 0.15) is 5.15 Å². The van der Waals surface area contributed by atoms with E-state index in [9.17, 15) is 0 Å². The van der Waals surface area contributed by atoms with Crippen molar-refractivity contribution in [3.05, 3.63) is 40.0 Å². The molecule has 0 bridgehead atoms. The van der Waals surface area contributed by atoms with Gasteiger partial charge in [0.05, 0.1) is 5.52 Å². The highest BCUT2D eigenvalue weighted by atomic mass is 35.5. The molecule has 2 aromatic rings. The van der Waals surface area contributed by atoms with Crippen LogP contribution in [0.2, 0.25) is 10.2 Å². The van der Waals surface area contributed by atoms with Crippen molar-refractivity contribution < 1.29 is 0 Å². The molecular weight excluding hydrogens is 231 g/mol. The molecule has 1 aromatic heterocycles. The van der Waals surface area contributed by atoms with Crippen LogP contribution in [0.1, 0.15) is 5.56 Å². The van der Waals surface area contributed by atoms with E-state index in [1.807, 2.05) is 18.2 Å². The fraction of sp³-hybridized carbons (Fsp3) is 0.182. The number of hydrogen-bond acceptors (Lipinski definition) is 2. The number of nitrogens with two attached hydrogens (primary N) is 1. The molecule has 0 amide bonds. The molecule has 0 aliphatic rings. The number of nitrogens with zero attached hydrogens (tertiary/aromatic N) is 1. The average molecular weight is 241 g/mol. The van der Waals surface area contributed by atoms with Crippen LogP contribution in [0.3, 0.4) is 0 Å². The van der Waals surface area contributed by atoms with Crippen molar-refractivity contribution in [2.24, 2.45) is 5.73 Å². The smallest absolute Gasteiger partial charge is 0.133 e. The summed E-state index contributed by atoms with van der Waals surface area (Å²) in [6, 6.07) is 7.58. The zero-order valence-corrected chi connectivity index (χ0v) is 9.52. The summed E-state index contributed by atoms with van der Waals surface area (Å²) in [5, 5.41) is 2.21. The molecule has 0 saturated heterocycles. The SMILES string of the molecule is NCCc1cc2ccc(Cl)cc2nc1Cl. The molecule has 78 valence electrons. The van der Waals surface area contributed by atoms with Crippen LogP contribution in [0.15, 0.2) is 24.3 Å². The largest absolute Gasteiger partial charge is 0.330 e. The molecule has 0 aliphatic heterocycles. The maximum Gasteiger partial charge on any atom is 0.133 e. The van der Waals surface area contributed by atoms with E-state index >= 15 is 0 Å². The van der Waals surface area contributed by atoms with Crippen LogP contribution in [0.4, 0.5) is 0 Å². The summed E-state index contributed by atoms with van der Waals surface area (Å²) in [6.07, 6.45) is 0.740. The zero-order chi connectivity index (χ0) is 10.8. The fourth-order valence-corrected chi connectivity index (χ4v) is 1.90. The Bertz CT molecular complexity index is 497.